The van der Waals surface area contributed by atoms with Crippen molar-refractivity contribution in [3.8, 4) is 0 Å². The van der Waals surface area contributed by atoms with Crippen LogP contribution in [0.1, 0.15) is 13.8 Å². The van der Waals surface area contributed by atoms with Crippen molar-refractivity contribution in [3.63, 3.8) is 0 Å². The summed E-state index contributed by atoms with van der Waals surface area (Å²) in [6, 6.07) is 0. The Bertz CT molecular complexity index is 33.4. The van der Waals surface area contributed by atoms with Gasteiger partial charge < -0.3 is 4.90 Å². The molecule has 0 saturated carbocycles. The largest absolute Gasteiger partial charge is 0.340 e. The van der Waals surface area contributed by atoms with Gasteiger partial charge in [0, 0.05) is 5.92 Å². The minimum atomic E-state index is 0.838. The van der Waals surface area contributed by atoms with Crippen molar-refractivity contribution in [2.75, 3.05) is 20.6 Å². The van der Waals surface area contributed by atoms with Crippen LogP contribution in [0.4, 0.5) is 0 Å². The van der Waals surface area contributed by atoms with Gasteiger partial charge in [-0.15, -0.1) is 0 Å². The summed E-state index contributed by atoms with van der Waals surface area (Å²) in [6.07, 6.45) is 0. The van der Waals surface area contributed by atoms with E-state index >= 15 is 0 Å². The van der Waals surface area contributed by atoms with Crippen LogP contribution >= 0.6 is 0 Å². The zero-order valence-electron chi connectivity index (χ0n) is 5.78. The van der Waals surface area contributed by atoms with Crippen molar-refractivity contribution in [2.45, 2.75) is 13.8 Å². The Morgan fingerprint density at radius 1 is 1.29 bits per heavy atom. The lowest BCUT2D eigenvalue weighted by Crippen LogP contribution is -3.06. The first-order chi connectivity index (χ1) is 3.13. The SMILES string of the molecule is CC(C)C[NH+](C)C. The van der Waals surface area contributed by atoms with E-state index in [-0.39, 0.29) is 0 Å². The Morgan fingerprint density at radius 3 is 1.71 bits per heavy atom. The summed E-state index contributed by atoms with van der Waals surface area (Å²) in [4.78, 5) is 1.54. The van der Waals surface area contributed by atoms with E-state index in [0.29, 0.717) is 0 Å². The molecule has 0 aromatic rings. The molecule has 0 aromatic carbocycles. The van der Waals surface area contributed by atoms with Crippen molar-refractivity contribution in [1.29, 1.82) is 0 Å². The van der Waals surface area contributed by atoms with Crippen LogP contribution in [-0.4, -0.2) is 20.6 Å². The second kappa shape index (κ2) is 3.03. The molecular formula is C6H16N+. The minimum Gasteiger partial charge on any atom is -0.340 e. The number of hydrogen-bond donors (Lipinski definition) is 1. The second-order valence-electron chi connectivity index (χ2n) is 2.81. The van der Waals surface area contributed by atoms with E-state index in [1.54, 1.807) is 0 Å². The zero-order chi connectivity index (χ0) is 5.86. The number of hydrogen-bond acceptors (Lipinski definition) is 0. The lowest BCUT2D eigenvalue weighted by molar-refractivity contribution is -0.861. The number of nitrogens with one attached hydrogen (secondary N) is 1. The highest BCUT2D eigenvalue weighted by Crippen LogP contribution is 1.81. The highest BCUT2D eigenvalue weighted by Gasteiger charge is 1.95. The maximum atomic E-state index is 2.24. The quantitative estimate of drug-likeness (QED) is 0.492. The monoisotopic (exact) mass is 102 g/mol. The van der Waals surface area contributed by atoms with E-state index in [9.17, 15) is 0 Å². The Kier molecular flexibility index (Phi) is 3.01. The van der Waals surface area contributed by atoms with Crippen LogP contribution in [0.2, 0.25) is 0 Å². The molecule has 0 aliphatic rings. The Labute approximate surface area is 46.3 Å². The second-order valence-corrected chi connectivity index (χ2v) is 2.81. The highest BCUT2D eigenvalue weighted by atomic mass is 15.0. The van der Waals surface area contributed by atoms with Crippen molar-refractivity contribution < 1.29 is 4.90 Å². The fraction of sp³-hybridized carbons (Fsp3) is 1.00. The van der Waals surface area contributed by atoms with Gasteiger partial charge in [-0.1, -0.05) is 13.8 Å². The van der Waals surface area contributed by atoms with Crippen LogP contribution in [0.15, 0.2) is 0 Å². The number of rotatable bonds is 2. The van der Waals surface area contributed by atoms with Crippen molar-refractivity contribution >= 4 is 0 Å². The first-order valence-electron chi connectivity index (χ1n) is 2.92. The first kappa shape index (κ1) is 6.96. The van der Waals surface area contributed by atoms with Gasteiger partial charge in [-0.3, -0.25) is 0 Å². The first-order valence-corrected chi connectivity index (χ1v) is 2.92. The van der Waals surface area contributed by atoms with Gasteiger partial charge in [0.05, 0.1) is 20.6 Å². The summed E-state index contributed by atoms with van der Waals surface area (Å²) >= 11 is 0. The molecule has 7 heavy (non-hydrogen) atoms. The summed E-state index contributed by atoms with van der Waals surface area (Å²) in [6.45, 7) is 5.76. The molecule has 0 bridgehead atoms. The summed E-state index contributed by atoms with van der Waals surface area (Å²) in [5, 5.41) is 0. The predicted molar refractivity (Wildman–Crippen MR) is 32.5 cm³/mol. The van der Waals surface area contributed by atoms with Gasteiger partial charge in [0.1, 0.15) is 0 Å². The smallest absolute Gasteiger partial charge is 0.0790 e. The number of quaternary nitrogens is 1. The molecule has 0 rings (SSSR count). The molecule has 0 unspecified atom stereocenters. The van der Waals surface area contributed by atoms with Crippen LogP contribution in [0.5, 0.6) is 0 Å². The van der Waals surface area contributed by atoms with Crippen LogP contribution in [0.3, 0.4) is 0 Å². The van der Waals surface area contributed by atoms with Gasteiger partial charge in [0.25, 0.3) is 0 Å². The third-order valence-corrected chi connectivity index (χ3v) is 0.816. The van der Waals surface area contributed by atoms with Crippen LogP contribution in [0, 0.1) is 5.92 Å². The molecular weight excluding hydrogens is 86.1 g/mol. The molecule has 0 radical (unpaired) electrons. The topological polar surface area (TPSA) is 4.44 Å². The molecule has 0 saturated heterocycles. The molecule has 0 fully saturated rings. The van der Waals surface area contributed by atoms with E-state index in [1.165, 1.54) is 11.4 Å². The van der Waals surface area contributed by atoms with Gasteiger partial charge in [-0.05, 0) is 0 Å². The standard InChI is InChI=1S/C6H15N/c1-6(2)5-7(3)4/h6H,5H2,1-4H3/p+1. The fourth-order valence-electron chi connectivity index (χ4n) is 0.816. The lowest BCUT2D eigenvalue weighted by Gasteiger charge is -2.08. The van der Waals surface area contributed by atoms with Crippen molar-refractivity contribution in [3.05, 3.63) is 0 Å². The van der Waals surface area contributed by atoms with Crippen molar-refractivity contribution in [1.82, 2.24) is 0 Å². The average Bonchev–Trinajstić information content (AvgIpc) is 1.27. The molecule has 0 aromatic heterocycles. The molecule has 0 aliphatic heterocycles. The van der Waals surface area contributed by atoms with E-state index < -0.39 is 0 Å². The predicted octanol–water partition coefficient (Wildman–Crippen LogP) is -0.213. The normalized spacial score (nSPS) is 11.1. The van der Waals surface area contributed by atoms with E-state index in [1.807, 2.05) is 0 Å². The summed E-state index contributed by atoms with van der Waals surface area (Å²) in [5.41, 5.74) is 0. The fourth-order valence-corrected chi connectivity index (χ4v) is 0.816. The van der Waals surface area contributed by atoms with Gasteiger partial charge in [-0.25, -0.2) is 0 Å². The van der Waals surface area contributed by atoms with Crippen molar-refractivity contribution in [2.24, 2.45) is 5.92 Å². The molecule has 1 nitrogen and oxygen atoms in total. The van der Waals surface area contributed by atoms with Gasteiger partial charge >= 0.3 is 0 Å². The Balaban J connectivity index is 2.95. The van der Waals surface area contributed by atoms with E-state index in [4.69, 9.17) is 0 Å². The Hall–Kier alpha value is -0.0400. The summed E-state index contributed by atoms with van der Waals surface area (Å²) < 4.78 is 0. The molecule has 44 valence electrons. The zero-order valence-corrected chi connectivity index (χ0v) is 5.78. The lowest BCUT2D eigenvalue weighted by atomic mass is 10.2. The maximum absolute atomic E-state index is 2.24. The van der Waals surface area contributed by atoms with E-state index in [2.05, 4.69) is 27.9 Å². The molecule has 0 aliphatic carbocycles. The molecule has 0 heterocycles. The van der Waals surface area contributed by atoms with Gasteiger partial charge in [-0.2, -0.15) is 0 Å². The minimum absolute atomic E-state index is 0.838. The molecule has 0 spiro atoms. The molecule has 0 atom stereocenters. The van der Waals surface area contributed by atoms with Gasteiger partial charge in [0.15, 0.2) is 0 Å². The van der Waals surface area contributed by atoms with Crippen LogP contribution < -0.4 is 4.90 Å². The molecule has 0 amide bonds. The maximum Gasteiger partial charge on any atom is 0.0790 e. The highest BCUT2D eigenvalue weighted by molar-refractivity contribution is 4.33. The van der Waals surface area contributed by atoms with Gasteiger partial charge in [0.2, 0.25) is 0 Å². The Morgan fingerprint density at radius 2 is 1.71 bits per heavy atom. The third-order valence-electron chi connectivity index (χ3n) is 0.816. The molecule has 1 N–H and O–H groups in total. The van der Waals surface area contributed by atoms with Crippen LogP contribution in [-0.2, 0) is 0 Å². The summed E-state index contributed by atoms with van der Waals surface area (Å²) in [7, 11) is 4.36. The summed E-state index contributed by atoms with van der Waals surface area (Å²) in [5.74, 6) is 0.838. The molecule has 1 heteroatoms. The third kappa shape index (κ3) is 5.96. The van der Waals surface area contributed by atoms with E-state index in [0.717, 1.165) is 5.92 Å². The average molecular weight is 102 g/mol. The van der Waals surface area contributed by atoms with Crippen LogP contribution in [0.25, 0.3) is 0 Å².